The molecule has 3 aromatic rings. The molecular weight excluding hydrogens is 330 g/mol. The van der Waals surface area contributed by atoms with Gasteiger partial charge in [-0.15, -0.1) is 5.10 Å². The number of nitrogens with zero attached hydrogens (tertiary/aromatic N) is 4. The Morgan fingerprint density at radius 2 is 1.69 bits per heavy atom. The molecule has 0 unspecified atom stereocenters. The summed E-state index contributed by atoms with van der Waals surface area (Å²) in [4.78, 5) is 14.4. The predicted molar refractivity (Wildman–Crippen MR) is 98.9 cm³/mol. The first-order valence-corrected chi connectivity index (χ1v) is 8.41. The summed E-state index contributed by atoms with van der Waals surface area (Å²) in [6.45, 7) is 0.539. The fourth-order valence-corrected chi connectivity index (χ4v) is 2.70. The number of anilines is 1. The van der Waals surface area contributed by atoms with Gasteiger partial charge >= 0.3 is 0 Å². The van der Waals surface area contributed by atoms with Gasteiger partial charge in [0.1, 0.15) is 0 Å². The van der Waals surface area contributed by atoms with Gasteiger partial charge < -0.3 is 15.7 Å². The summed E-state index contributed by atoms with van der Waals surface area (Å²) in [7, 11) is 0. The highest BCUT2D eigenvalue weighted by atomic mass is 16.3. The van der Waals surface area contributed by atoms with Crippen LogP contribution in [-0.2, 0) is 6.42 Å². The number of aromatic nitrogens is 3. The number of para-hydroxylation sites is 1. The van der Waals surface area contributed by atoms with E-state index < -0.39 is 0 Å². The predicted octanol–water partition coefficient (Wildman–Crippen LogP) is 1.53. The lowest BCUT2D eigenvalue weighted by Crippen LogP contribution is -2.36. The maximum absolute atomic E-state index is 12.8. The standard InChI is InChI=1S/C19H21N5O2/c20-18-17(21-22-24(18)16-9-5-2-6-10-16)19(26)23(13-14-25)12-11-15-7-3-1-4-8-15/h1-10,25H,11-14,20H2. The number of carbonyl (C=O) groups excluding carboxylic acids is 1. The van der Waals surface area contributed by atoms with Crippen LogP contribution in [0.3, 0.4) is 0 Å². The van der Waals surface area contributed by atoms with Gasteiger partial charge in [0, 0.05) is 13.1 Å². The molecule has 0 saturated carbocycles. The highest BCUT2D eigenvalue weighted by molar-refractivity contribution is 5.96. The molecule has 0 aliphatic rings. The van der Waals surface area contributed by atoms with Crippen molar-refractivity contribution in [3.8, 4) is 5.69 Å². The van der Waals surface area contributed by atoms with Crippen LogP contribution in [0.4, 0.5) is 5.82 Å². The summed E-state index contributed by atoms with van der Waals surface area (Å²) in [5.41, 5.74) is 8.04. The lowest BCUT2D eigenvalue weighted by molar-refractivity contribution is 0.0719. The number of nitrogen functional groups attached to an aromatic ring is 1. The van der Waals surface area contributed by atoms with E-state index in [1.807, 2.05) is 60.7 Å². The average molecular weight is 351 g/mol. The molecule has 0 atom stereocenters. The molecule has 0 aliphatic carbocycles. The second kappa shape index (κ2) is 8.26. The molecule has 1 heterocycles. The van der Waals surface area contributed by atoms with Crippen LogP contribution in [0.15, 0.2) is 60.7 Å². The molecule has 26 heavy (non-hydrogen) atoms. The van der Waals surface area contributed by atoms with Crippen molar-refractivity contribution in [3.05, 3.63) is 71.9 Å². The minimum atomic E-state index is -0.338. The molecule has 1 aromatic heterocycles. The summed E-state index contributed by atoms with van der Waals surface area (Å²) < 4.78 is 1.43. The van der Waals surface area contributed by atoms with E-state index in [4.69, 9.17) is 5.73 Å². The molecule has 7 nitrogen and oxygen atoms in total. The molecule has 0 fully saturated rings. The Bertz CT molecular complexity index is 849. The maximum atomic E-state index is 12.8. The molecular formula is C19H21N5O2. The van der Waals surface area contributed by atoms with Crippen LogP contribution in [0.1, 0.15) is 16.1 Å². The topological polar surface area (TPSA) is 97.3 Å². The van der Waals surface area contributed by atoms with E-state index in [1.54, 1.807) is 4.90 Å². The summed E-state index contributed by atoms with van der Waals surface area (Å²) in [6.07, 6.45) is 0.680. The molecule has 2 aromatic carbocycles. The van der Waals surface area contributed by atoms with E-state index in [0.29, 0.717) is 13.0 Å². The van der Waals surface area contributed by atoms with Crippen molar-refractivity contribution in [3.63, 3.8) is 0 Å². The van der Waals surface area contributed by atoms with Gasteiger partial charge in [0.2, 0.25) is 0 Å². The van der Waals surface area contributed by atoms with Crippen molar-refractivity contribution < 1.29 is 9.90 Å². The number of hydrogen-bond acceptors (Lipinski definition) is 5. The van der Waals surface area contributed by atoms with Crippen molar-refractivity contribution in [1.82, 2.24) is 19.9 Å². The summed E-state index contributed by atoms with van der Waals surface area (Å²) in [6, 6.07) is 19.1. The summed E-state index contributed by atoms with van der Waals surface area (Å²) in [5, 5.41) is 17.3. The van der Waals surface area contributed by atoms with Crippen LogP contribution in [0.5, 0.6) is 0 Å². The van der Waals surface area contributed by atoms with Gasteiger partial charge in [-0.1, -0.05) is 53.7 Å². The molecule has 134 valence electrons. The van der Waals surface area contributed by atoms with Crippen LogP contribution in [0, 0.1) is 0 Å². The van der Waals surface area contributed by atoms with Crippen LogP contribution in [-0.4, -0.2) is 50.6 Å². The zero-order valence-electron chi connectivity index (χ0n) is 14.3. The van der Waals surface area contributed by atoms with E-state index >= 15 is 0 Å². The van der Waals surface area contributed by atoms with Crippen molar-refractivity contribution in [2.24, 2.45) is 0 Å². The second-order valence-electron chi connectivity index (χ2n) is 5.82. The molecule has 0 radical (unpaired) electrons. The van der Waals surface area contributed by atoms with Gasteiger partial charge in [-0.3, -0.25) is 4.79 Å². The van der Waals surface area contributed by atoms with E-state index in [-0.39, 0.29) is 30.6 Å². The van der Waals surface area contributed by atoms with Gasteiger partial charge in [0.15, 0.2) is 11.5 Å². The summed E-state index contributed by atoms with van der Waals surface area (Å²) in [5.74, 6) is -0.154. The fraction of sp³-hybridized carbons (Fsp3) is 0.211. The number of aliphatic hydroxyl groups excluding tert-OH is 1. The number of nitrogens with two attached hydrogens (primary N) is 1. The maximum Gasteiger partial charge on any atom is 0.278 e. The zero-order valence-corrected chi connectivity index (χ0v) is 14.3. The molecule has 3 N–H and O–H groups in total. The first-order chi connectivity index (χ1) is 12.7. The molecule has 0 bridgehead atoms. The Morgan fingerprint density at radius 1 is 1.04 bits per heavy atom. The minimum absolute atomic E-state index is 0.0929. The van der Waals surface area contributed by atoms with E-state index in [1.165, 1.54) is 4.68 Å². The van der Waals surface area contributed by atoms with Gasteiger partial charge in [0.05, 0.1) is 12.3 Å². The average Bonchev–Trinajstić information content (AvgIpc) is 3.07. The van der Waals surface area contributed by atoms with Crippen LogP contribution >= 0.6 is 0 Å². The molecule has 3 rings (SSSR count). The normalized spacial score (nSPS) is 10.7. The number of aliphatic hydroxyl groups is 1. The quantitative estimate of drug-likeness (QED) is 0.673. The van der Waals surface area contributed by atoms with Crippen molar-refractivity contribution in [2.45, 2.75) is 6.42 Å². The SMILES string of the molecule is Nc1c(C(=O)N(CCO)CCc2ccccc2)nnn1-c1ccccc1. The van der Waals surface area contributed by atoms with E-state index in [9.17, 15) is 9.90 Å². The monoisotopic (exact) mass is 351 g/mol. The molecule has 7 heteroatoms. The lowest BCUT2D eigenvalue weighted by Gasteiger charge is -2.21. The highest BCUT2D eigenvalue weighted by Gasteiger charge is 2.23. The number of benzene rings is 2. The molecule has 1 amide bonds. The van der Waals surface area contributed by atoms with Crippen molar-refractivity contribution in [2.75, 3.05) is 25.4 Å². The van der Waals surface area contributed by atoms with E-state index in [0.717, 1.165) is 11.3 Å². The zero-order chi connectivity index (χ0) is 18.4. The third-order valence-electron chi connectivity index (χ3n) is 4.08. The number of rotatable bonds is 7. The Balaban J connectivity index is 1.78. The van der Waals surface area contributed by atoms with Crippen LogP contribution in [0.2, 0.25) is 0 Å². The van der Waals surface area contributed by atoms with Gasteiger partial charge in [-0.05, 0) is 24.1 Å². The van der Waals surface area contributed by atoms with Crippen LogP contribution < -0.4 is 5.73 Å². The molecule has 0 spiro atoms. The second-order valence-corrected chi connectivity index (χ2v) is 5.82. The van der Waals surface area contributed by atoms with Crippen LogP contribution in [0.25, 0.3) is 5.69 Å². The lowest BCUT2D eigenvalue weighted by atomic mass is 10.1. The highest BCUT2D eigenvalue weighted by Crippen LogP contribution is 2.16. The van der Waals surface area contributed by atoms with E-state index in [2.05, 4.69) is 10.3 Å². The Morgan fingerprint density at radius 3 is 2.35 bits per heavy atom. The fourth-order valence-electron chi connectivity index (χ4n) is 2.70. The third-order valence-corrected chi connectivity index (χ3v) is 4.08. The first-order valence-electron chi connectivity index (χ1n) is 8.41. The Hall–Kier alpha value is -3.19. The Labute approximate surface area is 151 Å². The smallest absolute Gasteiger partial charge is 0.278 e. The summed E-state index contributed by atoms with van der Waals surface area (Å²) >= 11 is 0. The van der Waals surface area contributed by atoms with Crippen molar-refractivity contribution >= 4 is 11.7 Å². The largest absolute Gasteiger partial charge is 0.395 e. The number of carbonyl (C=O) groups is 1. The van der Waals surface area contributed by atoms with Gasteiger partial charge in [0.25, 0.3) is 5.91 Å². The first kappa shape index (κ1) is 17.6. The molecule has 0 saturated heterocycles. The molecule has 0 aliphatic heterocycles. The third kappa shape index (κ3) is 3.89. The minimum Gasteiger partial charge on any atom is -0.395 e. The van der Waals surface area contributed by atoms with Crippen molar-refractivity contribution in [1.29, 1.82) is 0 Å². The Kier molecular flexibility index (Phi) is 5.60. The number of hydrogen-bond donors (Lipinski definition) is 2. The van der Waals surface area contributed by atoms with Gasteiger partial charge in [-0.2, -0.15) is 4.68 Å². The number of amides is 1. The van der Waals surface area contributed by atoms with Gasteiger partial charge in [-0.25, -0.2) is 0 Å².